The van der Waals surface area contributed by atoms with Gasteiger partial charge in [-0.1, -0.05) is 18.6 Å². The van der Waals surface area contributed by atoms with E-state index in [0.717, 1.165) is 12.8 Å². The summed E-state index contributed by atoms with van der Waals surface area (Å²) in [6.07, 6.45) is 4.99. The van der Waals surface area contributed by atoms with Crippen LogP contribution >= 0.6 is 0 Å². The number of rotatable bonds is 5. The summed E-state index contributed by atoms with van der Waals surface area (Å²) >= 11 is 0. The quantitative estimate of drug-likeness (QED) is 0.554. The molecule has 4 nitrogen and oxygen atoms in total. The van der Waals surface area contributed by atoms with Crippen LogP contribution in [0.15, 0.2) is 11.6 Å². The average Bonchev–Trinajstić information content (AvgIpc) is 2.44. The zero-order chi connectivity index (χ0) is 12.1. The Labute approximate surface area is 96.5 Å². The van der Waals surface area contributed by atoms with E-state index in [1.54, 1.807) is 0 Å². The van der Waals surface area contributed by atoms with Crippen LogP contribution < -0.4 is 10.6 Å². The molecule has 0 radical (unpaired) electrons. The molecular weight excluding hydrogens is 204 g/mol. The number of hydrogen-bond acceptors (Lipinski definition) is 2. The molecule has 1 aliphatic rings. The van der Waals surface area contributed by atoms with Crippen molar-refractivity contribution in [1.82, 2.24) is 10.6 Å². The van der Waals surface area contributed by atoms with Crippen molar-refractivity contribution in [2.24, 2.45) is 5.92 Å². The molecule has 0 aromatic heterocycles. The van der Waals surface area contributed by atoms with Gasteiger partial charge in [0, 0.05) is 0 Å². The monoisotopic (exact) mass is 224 g/mol. The highest BCUT2D eigenvalue weighted by molar-refractivity contribution is 6.04. The maximum Gasteiger partial charge on any atom is 0.322 e. The molecule has 0 aromatic carbocycles. The van der Waals surface area contributed by atoms with Crippen LogP contribution in [-0.4, -0.2) is 18.0 Å². The van der Waals surface area contributed by atoms with E-state index >= 15 is 0 Å². The largest absolute Gasteiger partial charge is 0.326 e. The van der Waals surface area contributed by atoms with Gasteiger partial charge in [-0.05, 0) is 39.0 Å². The van der Waals surface area contributed by atoms with Crippen molar-refractivity contribution in [3.8, 4) is 0 Å². The molecule has 0 aliphatic carbocycles. The molecule has 16 heavy (non-hydrogen) atoms. The van der Waals surface area contributed by atoms with E-state index in [4.69, 9.17) is 0 Å². The van der Waals surface area contributed by atoms with Crippen LogP contribution in [0.5, 0.6) is 0 Å². The molecule has 0 bridgehead atoms. The highest BCUT2D eigenvalue weighted by Crippen LogP contribution is 2.15. The van der Waals surface area contributed by atoms with E-state index in [2.05, 4.69) is 37.5 Å². The van der Waals surface area contributed by atoms with Gasteiger partial charge in [0.1, 0.15) is 6.04 Å². The number of carbonyl (C=O) groups excluding carboxylic acids is 2. The van der Waals surface area contributed by atoms with E-state index in [-0.39, 0.29) is 18.0 Å². The smallest absolute Gasteiger partial charge is 0.322 e. The van der Waals surface area contributed by atoms with Crippen LogP contribution in [0.3, 0.4) is 0 Å². The van der Waals surface area contributed by atoms with Gasteiger partial charge < -0.3 is 5.32 Å². The van der Waals surface area contributed by atoms with E-state index in [0.29, 0.717) is 12.3 Å². The lowest BCUT2D eigenvalue weighted by atomic mass is 9.96. The summed E-state index contributed by atoms with van der Waals surface area (Å²) in [5.74, 6) is 0.240. The zero-order valence-electron chi connectivity index (χ0n) is 10.2. The first-order chi connectivity index (χ1) is 7.49. The second-order valence-corrected chi connectivity index (χ2v) is 4.71. The first-order valence-corrected chi connectivity index (χ1v) is 5.73. The number of carbonyl (C=O) groups is 2. The summed E-state index contributed by atoms with van der Waals surface area (Å²) in [5.41, 5.74) is 1.32. The summed E-state index contributed by atoms with van der Waals surface area (Å²) in [7, 11) is 0. The summed E-state index contributed by atoms with van der Waals surface area (Å²) in [6, 6.07) is -0.708. The summed E-state index contributed by atoms with van der Waals surface area (Å²) in [6.45, 7) is 6.27. The standard InChI is InChI=1S/C12H20N2O2/c1-8(2)5-4-6-9(3)7-10-11(15)14-12(16)13-10/h5,9-10H,4,6-7H2,1-3H3,(H2,13,14,15,16). The number of hydrogen-bond donors (Lipinski definition) is 2. The van der Waals surface area contributed by atoms with Gasteiger partial charge in [-0.2, -0.15) is 0 Å². The van der Waals surface area contributed by atoms with Crippen molar-refractivity contribution >= 4 is 11.9 Å². The van der Waals surface area contributed by atoms with Gasteiger partial charge in [0.15, 0.2) is 0 Å². The van der Waals surface area contributed by atoms with E-state index in [1.165, 1.54) is 5.57 Å². The predicted octanol–water partition coefficient (Wildman–Crippen LogP) is 1.97. The van der Waals surface area contributed by atoms with Crippen molar-refractivity contribution in [2.45, 2.75) is 46.1 Å². The topological polar surface area (TPSA) is 58.2 Å². The molecule has 90 valence electrons. The van der Waals surface area contributed by atoms with Crippen molar-refractivity contribution < 1.29 is 9.59 Å². The normalized spacial score (nSPS) is 21.3. The Bertz CT molecular complexity index is 306. The molecule has 0 spiro atoms. The minimum Gasteiger partial charge on any atom is -0.326 e. The second-order valence-electron chi connectivity index (χ2n) is 4.71. The maximum absolute atomic E-state index is 11.3. The molecule has 1 fully saturated rings. The number of allylic oxidation sites excluding steroid dienone is 2. The van der Waals surface area contributed by atoms with Crippen LogP contribution in [0.4, 0.5) is 4.79 Å². The van der Waals surface area contributed by atoms with Gasteiger partial charge in [-0.25, -0.2) is 4.79 Å². The Morgan fingerprint density at radius 2 is 2.12 bits per heavy atom. The summed E-state index contributed by atoms with van der Waals surface area (Å²) in [4.78, 5) is 22.2. The van der Waals surface area contributed by atoms with Crippen molar-refractivity contribution in [1.29, 1.82) is 0 Å². The van der Waals surface area contributed by atoms with Crippen molar-refractivity contribution in [3.63, 3.8) is 0 Å². The zero-order valence-corrected chi connectivity index (χ0v) is 10.2. The van der Waals surface area contributed by atoms with Crippen LogP contribution in [0, 0.1) is 5.92 Å². The fourth-order valence-electron chi connectivity index (χ4n) is 1.80. The minimum atomic E-state index is -0.369. The molecule has 1 aliphatic heterocycles. The lowest BCUT2D eigenvalue weighted by molar-refractivity contribution is -0.120. The highest BCUT2D eigenvalue weighted by Gasteiger charge is 2.30. The Balaban J connectivity index is 2.29. The Morgan fingerprint density at radius 3 is 2.62 bits per heavy atom. The molecule has 0 saturated carbocycles. The maximum atomic E-state index is 11.3. The average molecular weight is 224 g/mol. The molecule has 2 N–H and O–H groups in total. The van der Waals surface area contributed by atoms with Gasteiger partial charge >= 0.3 is 6.03 Å². The number of urea groups is 1. The molecule has 3 amide bonds. The van der Waals surface area contributed by atoms with Crippen molar-refractivity contribution in [3.05, 3.63) is 11.6 Å². The Kier molecular flexibility index (Phi) is 4.52. The molecule has 2 unspecified atom stereocenters. The fraction of sp³-hybridized carbons (Fsp3) is 0.667. The van der Waals surface area contributed by atoms with E-state index in [9.17, 15) is 9.59 Å². The van der Waals surface area contributed by atoms with Gasteiger partial charge in [-0.15, -0.1) is 0 Å². The van der Waals surface area contributed by atoms with E-state index < -0.39 is 0 Å². The predicted molar refractivity (Wildman–Crippen MR) is 62.9 cm³/mol. The van der Waals surface area contributed by atoms with Gasteiger partial charge in [0.05, 0.1) is 0 Å². The van der Waals surface area contributed by atoms with Gasteiger partial charge in [0.2, 0.25) is 0 Å². The Morgan fingerprint density at radius 1 is 1.44 bits per heavy atom. The molecule has 1 rings (SSSR count). The number of nitrogens with one attached hydrogen (secondary N) is 2. The van der Waals surface area contributed by atoms with Crippen LogP contribution in [-0.2, 0) is 4.79 Å². The third-order valence-corrected chi connectivity index (χ3v) is 2.71. The third-order valence-electron chi connectivity index (χ3n) is 2.71. The lowest BCUT2D eigenvalue weighted by Gasteiger charge is -2.13. The first-order valence-electron chi connectivity index (χ1n) is 5.73. The fourth-order valence-corrected chi connectivity index (χ4v) is 1.80. The highest BCUT2D eigenvalue weighted by atomic mass is 16.2. The minimum absolute atomic E-state index is 0.195. The number of amides is 3. The SMILES string of the molecule is CC(C)=CCCC(C)CC1NC(=O)NC1=O. The van der Waals surface area contributed by atoms with Crippen LogP contribution in [0.2, 0.25) is 0 Å². The van der Waals surface area contributed by atoms with Gasteiger partial charge in [0.25, 0.3) is 5.91 Å². The van der Waals surface area contributed by atoms with Crippen LogP contribution in [0.1, 0.15) is 40.0 Å². The summed E-state index contributed by atoms with van der Waals surface area (Å²) in [5, 5.41) is 4.86. The molecule has 1 saturated heterocycles. The first kappa shape index (κ1) is 12.7. The molecule has 1 heterocycles. The van der Waals surface area contributed by atoms with Crippen molar-refractivity contribution in [2.75, 3.05) is 0 Å². The third kappa shape index (κ3) is 4.04. The van der Waals surface area contributed by atoms with Gasteiger partial charge in [-0.3, -0.25) is 10.1 Å². The molecule has 4 heteroatoms. The van der Waals surface area contributed by atoms with E-state index in [1.807, 2.05) is 0 Å². The lowest BCUT2D eigenvalue weighted by Crippen LogP contribution is -2.30. The number of imide groups is 1. The second kappa shape index (κ2) is 5.68. The molecular formula is C12H20N2O2. The molecule has 0 aromatic rings. The van der Waals surface area contributed by atoms with Crippen LogP contribution in [0.25, 0.3) is 0 Å². The summed E-state index contributed by atoms with van der Waals surface area (Å²) < 4.78 is 0. The Hall–Kier alpha value is -1.32. The molecule has 2 atom stereocenters.